The third-order valence-electron chi connectivity index (χ3n) is 4.81. The minimum atomic E-state index is -0.916. The molecule has 1 spiro atoms. The minimum absolute atomic E-state index is 0.119. The molecule has 5 N–H and O–H groups in total. The summed E-state index contributed by atoms with van der Waals surface area (Å²) in [5.74, 6) is 0.0707. The number of fused-ring (bicyclic) bond motifs is 1. The quantitative estimate of drug-likeness (QED) is 0.752. The van der Waals surface area contributed by atoms with Gasteiger partial charge in [-0.3, -0.25) is 4.90 Å². The van der Waals surface area contributed by atoms with Crippen LogP contribution in [0.15, 0.2) is 24.3 Å². The Bertz CT molecular complexity index is 856. The summed E-state index contributed by atoms with van der Waals surface area (Å²) in [6, 6.07) is 7.01. The van der Waals surface area contributed by atoms with Crippen molar-refractivity contribution in [3.8, 4) is 5.88 Å². The smallest absolute Gasteiger partial charge is 0.335 e. The zero-order chi connectivity index (χ0) is 17.6. The summed E-state index contributed by atoms with van der Waals surface area (Å²) in [6.45, 7) is 2.25. The predicted octanol–water partition coefficient (Wildman–Crippen LogP) is 0.919. The Morgan fingerprint density at radius 1 is 1.36 bits per heavy atom. The first kappa shape index (κ1) is 15.6. The van der Waals surface area contributed by atoms with Crippen molar-refractivity contribution in [1.82, 2.24) is 14.9 Å². The lowest BCUT2D eigenvalue weighted by Crippen LogP contribution is -2.37. The summed E-state index contributed by atoms with van der Waals surface area (Å²) in [6.07, 6.45) is 1.52. The standard InChI is InChI=1S/C17H19N5O3/c18-13-12-7-17(25-14(12)21-16(19)20-13)4-5-22(9-17)8-10-2-1-3-11(6-10)15(23)24/h1-3,6H,4-5,7-9H2,(H,23,24)(H4,18,19,20,21). The van der Waals surface area contributed by atoms with E-state index in [1.165, 1.54) is 0 Å². The fraction of sp³-hybridized carbons (Fsp3) is 0.353. The zero-order valence-corrected chi connectivity index (χ0v) is 13.6. The van der Waals surface area contributed by atoms with Crippen molar-refractivity contribution in [1.29, 1.82) is 0 Å². The first-order valence-electron chi connectivity index (χ1n) is 8.10. The maximum Gasteiger partial charge on any atom is 0.335 e. The number of carboxylic acids is 1. The highest BCUT2D eigenvalue weighted by Crippen LogP contribution is 2.41. The Balaban J connectivity index is 1.48. The Morgan fingerprint density at radius 3 is 3.00 bits per heavy atom. The van der Waals surface area contributed by atoms with Crippen LogP contribution in [0.25, 0.3) is 0 Å². The number of aromatic carboxylic acids is 1. The average molecular weight is 341 g/mol. The van der Waals surface area contributed by atoms with E-state index in [4.69, 9.17) is 21.3 Å². The van der Waals surface area contributed by atoms with E-state index >= 15 is 0 Å². The molecule has 2 aliphatic heterocycles. The highest BCUT2D eigenvalue weighted by molar-refractivity contribution is 5.87. The van der Waals surface area contributed by atoms with Crippen LogP contribution < -0.4 is 16.2 Å². The van der Waals surface area contributed by atoms with E-state index in [2.05, 4.69) is 14.9 Å². The van der Waals surface area contributed by atoms with Gasteiger partial charge in [0.15, 0.2) is 0 Å². The number of anilines is 2. The van der Waals surface area contributed by atoms with Gasteiger partial charge in [-0.25, -0.2) is 4.79 Å². The van der Waals surface area contributed by atoms with Gasteiger partial charge in [0.1, 0.15) is 11.4 Å². The lowest BCUT2D eigenvalue weighted by atomic mass is 9.97. The monoisotopic (exact) mass is 341 g/mol. The van der Waals surface area contributed by atoms with E-state index in [0.29, 0.717) is 30.2 Å². The molecule has 1 fully saturated rings. The second kappa shape index (κ2) is 5.59. The van der Waals surface area contributed by atoms with Gasteiger partial charge >= 0.3 is 5.97 Å². The number of aromatic nitrogens is 2. The maximum absolute atomic E-state index is 11.1. The first-order valence-corrected chi connectivity index (χ1v) is 8.10. The Kier molecular flexibility index (Phi) is 3.50. The van der Waals surface area contributed by atoms with Crippen molar-refractivity contribution in [3.63, 3.8) is 0 Å². The normalized spacial score (nSPS) is 22.1. The van der Waals surface area contributed by atoms with E-state index in [0.717, 1.165) is 30.6 Å². The Hall–Kier alpha value is -2.87. The van der Waals surface area contributed by atoms with E-state index in [9.17, 15) is 4.79 Å². The van der Waals surface area contributed by atoms with Gasteiger partial charge in [-0.05, 0) is 17.7 Å². The van der Waals surface area contributed by atoms with Crippen LogP contribution in [-0.4, -0.2) is 44.6 Å². The van der Waals surface area contributed by atoms with Gasteiger partial charge in [-0.15, -0.1) is 0 Å². The van der Waals surface area contributed by atoms with Gasteiger partial charge in [-0.1, -0.05) is 12.1 Å². The second-order valence-electron chi connectivity index (χ2n) is 6.68. The number of nitrogens with zero attached hydrogens (tertiary/aromatic N) is 3. The number of nitrogens with two attached hydrogens (primary N) is 2. The van der Waals surface area contributed by atoms with Crippen LogP contribution in [-0.2, 0) is 13.0 Å². The molecular weight excluding hydrogens is 322 g/mol. The largest absolute Gasteiger partial charge is 0.478 e. The fourth-order valence-corrected chi connectivity index (χ4v) is 3.66. The van der Waals surface area contributed by atoms with Crippen molar-refractivity contribution >= 4 is 17.7 Å². The molecule has 1 aromatic heterocycles. The van der Waals surface area contributed by atoms with Gasteiger partial charge in [0.25, 0.3) is 0 Å². The van der Waals surface area contributed by atoms with E-state index in [1.807, 2.05) is 6.07 Å². The summed E-state index contributed by atoms with van der Waals surface area (Å²) in [5.41, 5.74) is 13.3. The molecule has 4 rings (SSSR count). The molecule has 130 valence electrons. The number of ether oxygens (including phenoxy) is 1. The van der Waals surface area contributed by atoms with Crippen LogP contribution in [0.4, 0.5) is 11.8 Å². The molecule has 0 radical (unpaired) electrons. The van der Waals surface area contributed by atoms with Crippen LogP contribution in [0.1, 0.15) is 27.9 Å². The molecule has 0 aliphatic carbocycles. The molecule has 1 atom stereocenters. The third-order valence-corrected chi connectivity index (χ3v) is 4.81. The molecule has 8 heteroatoms. The highest BCUT2D eigenvalue weighted by atomic mass is 16.5. The van der Waals surface area contributed by atoms with Crippen molar-refractivity contribution in [2.45, 2.75) is 25.0 Å². The van der Waals surface area contributed by atoms with Crippen molar-refractivity contribution in [2.24, 2.45) is 0 Å². The van der Waals surface area contributed by atoms with E-state index in [1.54, 1.807) is 18.2 Å². The van der Waals surface area contributed by atoms with Crippen LogP contribution >= 0.6 is 0 Å². The number of rotatable bonds is 3. The molecule has 0 bridgehead atoms. The average Bonchev–Trinajstić information content (AvgIpc) is 3.11. The molecule has 3 heterocycles. The maximum atomic E-state index is 11.1. The third kappa shape index (κ3) is 2.85. The van der Waals surface area contributed by atoms with E-state index in [-0.39, 0.29) is 11.5 Å². The topological polar surface area (TPSA) is 128 Å². The summed E-state index contributed by atoms with van der Waals surface area (Å²) < 4.78 is 6.10. The van der Waals surface area contributed by atoms with E-state index < -0.39 is 5.97 Å². The number of carbonyl (C=O) groups is 1. The molecule has 25 heavy (non-hydrogen) atoms. The number of carboxylic acid groups (broad SMARTS) is 1. The van der Waals surface area contributed by atoms with Crippen molar-refractivity contribution in [2.75, 3.05) is 24.6 Å². The summed E-state index contributed by atoms with van der Waals surface area (Å²) in [4.78, 5) is 21.5. The first-order chi connectivity index (χ1) is 11.9. The van der Waals surface area contributed by atoms with Crippen LogP contribution in [0.5, 0.6) is 5.88 Å². The van der Waals surface area contributed by atoms with Gasteiger partial charge in [0.2, 0.25) is 11.8 Å². The number of benzene rings is 1. The number of hydrogen-bond acceptors (Lipinski definition) is 7. The SMILES string of the molecule is Nc1nc(N)c2c(n1)OC1(CCN(Cc3cccc(C(=O)O)c3)C1)C2. The number of nitrogen functional groups attached to an aromatic ring is 2. The zero-order valence-electron chi connectivity index (χ0n) is 13.6. The fourth-order valence-electron chi connectivity index (χ4n) is 3.66. The summed E-state index contributed by atoms with van der Waals surface area (Å²) in [7, 11) is 0. The number of hydrogen-bond donors (Lipinski definition) is 3. The molecule has 0 saturated carbocycles. The Labute approximate surface area is 144 Å². The van der Waals surface area contributed by atoms with Crippen LogP contribution in [0, 0.1) is 0 Å². The lowest BCUT2D eigenvalue weighted by Gasteiger charge is -2.23. The van der Waals surface area contributed by atoms with Gasteiger partial charge in [-0.2, -0.15) is 9.97 Å². The summed E-state index contributed by atoms with van der Waals surface area (Å²) >= 11 is 0. The molecule has 1 unspecified atom stereocenters. The molecule has 1 aromatic carbocycles. The molecule has 8 nitrogen and oxygen atoms in total. The Morgan fingerprint density at radius 2 is 2.20 bits per heavy atom. The van der Waals surface area contributed by atoms with Crippen molar-refractivity contribution < 1.29 is 14.6 Å². The molecular formula is C17H19N5O3. The molecule has 2 aromatic rings. The van der Waals surface area contributed by atoms with Gasteiger partial charge < -0.3 is 21.3 Å². The van der Waals surface area contributed by atoms with Gasteiger partial charge in [0, 0.05) is 32.5 Å². The van der Waals surface area contributed by atoms with Gasteiger partial charge in [0.05, 0.1) is 11.1 Å². The second-order valence-corrected chi connectivity index (χ2v) is 6.68. The molecule has 2 aliphatic rings. The summed E-state index contributed by atoms with van der Waals surface area (Å²) in [5, 5.41) is 9.12. The van der Waals surface area contributed by atoms with Crippen LogP contribution in [0.3, 0.4) is 0 Å². The molecule has 0 amide bonds. The lowest BCUT2D eigenvalue weighted by molar-refractivity contribution is 0.0696. The highest BCUT2D eigenvalue weighted by Gasteiger charge is 2.46. The predicted molar refractivity (Wildman–Crippen MR) is 91.2 cm³/mol. The molecule has 1 saturated heterocycles. The van der Waals surface area contributed by atoms with Crippen molar-refractivity contribution in [3.05, 3.63) is 41.0 Å². The minimum Gasteiger partial charge on any atom is -0.478 e. The number of likely N-dealkylation sites (tertiary alicyclic amines) is 1. The van der Waals surface area contributed by atoms with Crippen LogP contribution in [0.2, 0.25) is 0 Å².